The Hall–Kier alpha value is -4.17. The lowest BCUT2D eigenvalue weighted by molar-refractivity contribution is 0.0947. The molecule has 1 aliphatic rings. The molecule has 7 nitrogen and oxygen atoms in total. The number of amides is 2. The number of halogens is 1. The Kier molecular flexibility index (Phi) is 9.22. The maximum absolute atomic E-state index is 13.5. The number of piperidine rings is 1. The average molecular weight is 572 g/mol. The maximum Gasteiger partial charge on any atom is 0.253 e. The molecule has 1 unspecified atom stereocenters. The first-order valence-corrected chi connectivity index (χ1v) is 14.7. The predicted octanol–water partition coefficient (Wildman–Crippen LogP) is 6.23. The molecule has 5 rings (SSSR count). The molecule has 8 heteroatoms. The van der Waals surface area contributed by atoms with E-state index in [-0.39, 0.29) is 17.3 Å². The van der Waals surface area contributed by atoms with Gasteiger partial charge in [-0.25, -0.2) is 4.39 Å². The molecule has 0 saturated carbocycles. The fourth-order valence-corrected chi connectivity index (χ4v) is 5.40. The average Bonchev–Trinajstić information content (AvgIpc) is 3.36. The first-order valence-electron chi connectivity index (χ1n) is 14.7. The highest BCUT2D eigenvalue weighted by atomic mass is 19.1. The summed E-state index contributed by atoms with van der Waals surface area (Å²) in [5, 5.41) is 7.12. The number of benzene rings is 3. The van der Waals surface area contributed by atoms with Crippen LogP contribution in [0.5, 0.6) is 5.75 Å². The summed E-state index contributed by atoms with van der Waals surface area (Å²) in [5.41, 5.74) is 9.44. The van der Waals surface area contributed by atoms with Gasteiger partial charge in [-0.3, -0.25) is 9.59 Å². The van der Waals surface area contributed by atoms with Gasteiger partial charge in [-0.05, 0) is 97.4 Å². The van der Waals surface area contributed by atoms with Crippen molar-refractivity contribution in [2.75, 3.05) is 19.7 Å². The third-order valence-electron chi connectivity index (χ3n) is 7.63. The van der Waals surface area contributed by atoms with E-state index in [2.05, 4.69) is 24.5 Å². The van der Waals surface area contributed by atoms with Crippen LogP contribution in [0.3, 0.4) is 0 Å². The van der Waals surface area contributed by atoms with E-state index in [0.717, 1.165) is 36.3 Å². The molecule has 0 spiro atoms. The summed E-state index contributed by atoms with van der Waals surface area (Å²) in [5.74, 6) is 0.221. The lowest BCUT2D eigenvalue weighted by atomic mass is 9.98. The Morgan fingerprint density at radius 3 is 2.62 bits per heavy atom. The van der Waals surface area contributed by atoms with Gasteiger partial charge < -0.3 is 25.5 Å². The molecule has 220 valence electrons. The van der Waals surface area contributed by atoms with E-state index < -0.39 is 5.91 Å². The zero-order valence-electron chi connectivity index (χ0n) is 24.2. The fraction of sp³-hybridized carbons (Fsp3) is 0.353. The smallest absolute Gasteiger partial charge is 0.253 e. The molecular weight excluding hydrogens is 533 g/mol. The second-order valence-corrected chi connectivity index (χ2v) is 11.4. The number of nitrogens with one attached hydrogen (secondary N) is 2. The van der Waals surface area contributed by atoms with Crippen molar-refractivity contribution in [3.63, 3.8) is 0 Å². The second kappa shape index (κ2) is 13.2. The molecule has 1 fully saturated rings. The second-order valence-electron chi connectivity index (χ2n) is 11.4. The van der Waals surface area contributed by atoms with Crippen LogP contribution >= 0.6 is 0 Å². The van der Waals surface area contributed by atoms with E-state index in [1.165, 1.54) is 25.0 Å². The highest BCUT2D eigenvalue weighted by molar-refractivity contribution is 6.10. The lowest BCUT2D eigenvalue weighted by Gasteiger charge is -2.23. The van der Waals surface area contributed by atoms with Gasteiger partial charge in [0.25, 0.3) is 11.8 Å². The van der Waals surface area contributed by atoms with Gasteiger partial charge in [0, 0.05) is 35.5 Å². The molecule has 1 aliphatic heterocycles. The van der Waals surface area contributed by atoms with E-state index in [1.54, 1.807) is 24.3 Å². The van der Waals surface area contributed by atoms with Crippen molar-refractivity contribution in [1.82, 2.24) is 10.6 Å². The normalized spacial score (nSPS) is 15.2. The van der Waals surface area contributed by atoms with Gasteiger partial charge in [-0.2, -0.15) is 0 Å². The van der Waals surface area contributed by atoms with Gasteiger partial charge in [0.05, 0.1) is 12.2 Å². The van der Waals surface area contributed by atoms with Crippen LogP contribution in [0.2, 0.25) is 0 Å². The molecular formula is C34H38FN3O4. The minimum atomic E-state index is -0.630. The number of hydrogen-bond donors (Lipinski definition) is 3. The lowest BCUT2D eigenvalue weighted by Crippen LogP contribution is -2.35. The topological polar surface area (TPSA) is 107 Å². The first kappa shape index (κ1) is 29.3. The number of carbonyl (C=O) groups excluding carboxylic acids is 2. The summed E-state index contributed by atoms with van der Waals surface area (Å²) in [6.45, 7) is 6.31. The van der Waals surface area contributed by atoms with E-state index in [9.17, 15) is 14.0 Å². The van der Waals surface area contributed by atoms with Crippen LogP contribution < -0.4 is 21.1 Å². The Labute approximate surface area is 245 Å². The van der Waals surface area contributed by atoms with Crippen LogP contribution in [-0.2, 0) is 6.42 Å². The van der Waals surface area contributed by atoms with E-state index in [1.807, 2.05) is 24.3 Å². The molecule has 4 N–H and O–H groups in total. The molecule has 2 heterocycles. The van der Waals surface area contributed by atoms with Gasteiger partial charge in [0.2, 0.25) is 0 Å². The number of fused-ring (bicyclic) bond motifs is 1. The van der Waals surface area contributed by atoms with Gasteiger partial charge >= 0.3 is 0 Å². The largest absolute Gasteiger partial charge is 0.493 e. The summed E-state index contributed by atoms with van der Waals surface area (Å²) >= 11 is 0. The molecule has 3 aromatic carbocycles. The maximum atomic E-state index is 13.5. The van der Waals surface area contributed by atoms with Crippen molar-refractivity contribution in [2.45, 2.75) is 52.0 Å². The van der Waals surface area contributed by atoms with Crippen LogP contribution in [0, 0.1) is 11.7 Å². The minimum absolute atomic E-state index is 0.131. The standard InChI is InChI=1S/C34H38FN3O4/c1-21(2)20-38-34(40)24-9-13-29(41-16-14-27-5-3-4-15-37-27)25(19-24)17-22-6-12-30-28(18-22)31(33(36)39)32(42-30)23-7-10-26(35)11-8-23/h6-13,18-19,21,27,37H,3-5,14-17,20H2,1-2H3,(H2,36,39)(H,38,40). The number of rotatable bonds is 11. The number of primary amides is 1. The highest BCUT2D eigenvalue weighted by Gasteiger charge is 2.21. The Bertz CT molecular complexity index is 1560. The van der Waals surface area contributed by atoms with E-state index >= 15 is 0 Å². The van der Waals surface area contributed by atoms with Crippen LogP contribution in [0.25, 0.3) is 22.3 Å². The quantitative estimate of drug-likeness (QED) is 0.198. The third-order valence-corrected chi connectivity index (χ3v) is 7.63. The summed E-state index contributed by atoms with van der Waals surface area (Å²) < 4.78 is 25.8. The molecule has 42 heavy (non-hydrogen) atoms. The number of carbonyl (C=O) groups is 2. The Balaban J connectivity index is 1.44. The Morgan fingerprint density at radius 2 is 1.90 bits per heavy atom. The van der Waals surface area contributed by atoms with Crippen molar-refractivity contribution >= 4 is 22.8 Å². The SMILES string of the molecule is CC(C)CNC(=O)c1ccc(OCCC2CCCCN2)c(Cc2ccc3oc(-c4ccc(F)cc4)c(C(N)=O)c3c2)c1. The van der Waals surface area contributed by atoms with E-state index in [0.29, 0.717) is 59.4 Å². The van der Waals surface area contributed by atoms with Gasteiger partial charge in [-0.1, -0.05) is 26.3 Å². The van der Waals surface area contributed by atoms with Crippen molar-refractivity contribution in [2.24, 2.45) is 11.7 Å². The molecule has 1 aromatic heterocycles. The van der Waals surface area contributed by atoms with Gasteiger partial charge in [-0.15, -0.1) is 0 Å². The van der Waals surface area contributed by atoms with Crippen LogP contribution in [-0.4, -0.2) is 37.6 Å². The number of nitrogens with two attached hydrogens (primary N) is 1. The van der Waals surface area contributed by atoms with Crippen LogP contribution in [0.1, 0.15) is 71.4 Å². The molecule has 0 bridgehead atoms. The van der Waals surface area contributed by atoms with E-state index in [4.69, 9.17) is 14.9 Å². The summed E-state index contributed by atoms with van der Waals surface area (Å²) in [6, 6.07) is 17.4. The van der Waals surface area contributed by atoms with Gasteiger partial charge in [0.15, 0.2) is 0 Å². The zero-order chi connectivity index (χ0) is 29.6. The molecule has 1 saturated heterocycles. The van der Waals surface area contributed by atoms with Crippen molar-refractivity contribution < 1.29 is 23.1 Å². The number of hydrogen-bond acceptors (Lipinski definition) is 5. The molecule has 2 amide bonds. The van der Waals surface area contributed by atoms with Gasteiger partial charge in [0.1, 0.15) is 22.9 Å². The first-order chi connectivity index (χ1) is 20.3. The molecule has 0 radical (unpaired) electrons. The van der Waals surface area contributed by atoms with Crippen LogP contribution in [0.15, 0.2) is 65.1 Å². The number of furan rings is 1. The fourth-order valence-electron chi connectivity index (χ4n) is 5.40. The summed E-state index contributed by atoms with van der Waals surface area (Å²) in [7, 11) is 0. The number of ether oxygens (including phenoxy) is 1. The highest BCUT2D eigenvalue weighted by Crippen LogP contribution is 2.35. The van der Waals surface area contributed by atoms with Crippen molar-refractivity contribution in [3.8, 4) is 17.1 Å². The third kappa shape index (κ3) is 6.99. The Morgan fingerprint density at radius 1 is 1.10 bits per heavy atom. The molecule has 1 atom stereocenters. The molecule has 4 aromatic rings. The minimum Gasteiger partial charge on any atom is -0.493 e. The zero-order valence-corrected chi connectivity index (χ0v) is 24.2. The summed E-state index contributed by atoms with van der Waals surface area (Å²) in [6.07, 6.45) is 4.97. The predicted molar refractivity (Wildman–Crippen MR) is 162 cm³/mol. The summed E-state index contributed by atoms with van der Waals surface area (Å²) in [4.78, 5) is 25.4. The van der Waals surface area contributed by atoms with Crippen molar-refractivity contribution in [3.05, 3.63) is 88.7 Å². The monoisotopic (exact) mass is 571 g/mol. The van der Waals surface area contributed by atoms with Crippen molar-refractivity contribution in [1.29, 1.82) is 0 Å². The van der Waals surface area contributed by atoms with Crippen LogP contribution in [0.4, 0.5) is 4.39 Å². The molecule has 0 aliphatic carbocycles.